The first kappa shape index (κ1) is 17.9. The predicted molar refractivity (Wildman–Crippen MR) is 101 cm³/mol. The molecule has 0 spiro atoms. The Balaban J connectivity index is 2.22. The number of hydrogen-bond acceptors (Lipinski definition) is 3. The van der Waals surface area contributed by atoms with E-state index in [9.17, 15) is 9.59 Å². The van der Waals surface area contributed by atoms with Gasteiger partial charge in [-0.15, -0.1) is 11.3 Å². The molecule has 0 saturated carbocycles. The van der Waals surface area contributed by atoms with Crippen LogP contribution in [0.5, 0.6) is 0 Å². The largest absolute Gasteiger partial charge is 0.365 e. The van der Waals surface area contributed by atoms with Crippen LogP contribution in [0.2, 0.25) is 0 Å². The van der Waals surface area contributed by atoms with E-state index in [1.165, 1.54) is 28.5 Å². The van der Waals surface area contributed by atoms with E-state index in [0.717, 1.165) is 21.6 Å². The van der Waals surface area contributed by atoms with Crippen LogP contribution in [0.1, 0.15) is 43.1 Å². The molecule has 0 atom stereocenters. The summed E-state index contributed by atoms with van der Waals surface area (Å²) in [6.45, 7) is 9.85. The first-order valence-corrected chi connectivity index (χ1v) is 8.49. The number of thiophene rings is 1. The van der Waals surface area contributed by atoms with Crippen molar-refractivity contribution in [3.8, 4) is 0 Å². The van der Waals surface area contributed by atoms with Crippen molar-refractivity contribution in [2.45, 2.75) is 34.6 Å². The summed E-state index contributed by atoms with van der Waals surface area (Å²) in [7, 11) is 0. The molecule has 2 aromatic rings. The fourth-order valence-electron chi connectivity index (χ4n) is 2.49. The summed E-state index contributed by atoms with van der Waals surface area (Å²) in [5.41, 5.74) is 11.1. The van der Waals surface area contributed by atoms with E-state index in [0.29, 0.717) is 10.6 Å². The number of carbonyl (C=O) groups is 2. The smallest absolute Gasteiger partial charge is 0.251 e. The first-order valence-electron chi connectivity index (χ1n) is 7.67. The van der Waals surface area contributed by atoms with E-state index >= 15 is 0 Å². The Hall–Kier alpha value is -2.40. The number of carbonyl (C=O) groups excluding carboxylic acids is 2. The minimum atomic E-state index is -0.527. The van der Waals surface area contributed by atoms with Crippen molar-refractivity contribution in [2.24, 2.45) is 5.73 Å². The van der Waals surface area contributed by atoms with Crippen LogP contribution in [0.15, 0.2) is 18.2 Å². The molecule has 0 unspecified atom stereocenters. The molecule has 0 saturated heterocycles. The minimum Gasteiger partial charge on any atom is -0.365 e. The fourth-order valence-corrected chi connectivity index (χ4v) is 3.56. The summed E-state index contributed by atoms with van der Waals surface area (Å²) < 4.78 is 0. The average Bonchev–Trinajstić information content (AvgIpc) is 2.76. The second-order valence-corrected chi connectivity index (χ2v) is 7.19. The van der Waals surface area contributed by atoms with Crippen molar-refractivity contribution in [1.29, 1.82) is 0 Å². The summed E-state index contributed by atoms with van der Waals surface area (Å²) in [5, 5.41) is 3.26. The summed E-state index contributed by atoms with van der Waals surface area (Å²) in [6, 6.07) is 4.16. The molecule has 0 aliphatic rings. The van der Waals surface area contributed by atoms with Gasteiger partial charge in [0.15, 0.2) is 0 Å². The van der Waals surface area contributed by atoms with Crippen LogP contribution in [0.25, 0.3) is 6.08 Å². The van der Waals surface area contributed by atoms with Crippen molar-refractivity contribution in [2.75, 3.05) is 5.32 Å². The molecule has 1 aromatic heterocycles. The topological polar surface area (TPSA) is 72.2 Å². The molecule has 3 N–H and O–H groups in total. The summed E-state index contributed by atoms with van der Waals surface area (Å²) >= 11 is 1.36. The SMILES string of the molecule is Cc1cc(C)c(/C=C/C(=O)Nc2sc(C)c(C)c2C(N)=O)cc1C. The average molecular weight is 342 g/mol. The van der Waals surface area contributed by atoms with Crippen LogP contribution in [-0.2, 0) is 4.79 Å². The maximum absolute atomic E-state index is 12.2. The van der Waals surface area contributed by atoms with Gasteiger partial charge in [0.25, 0.3) is 5.91 Å². The molecular formula is C19H22N2O2S. The molecule has 1 aromatic carbocycles. The Morgan fingerprint density at radius 2 is 1.67 bits per heavy atom. The van der Waals surface area contributed by atoms with E-state index in [-0.39, 0.29) is 5.91 Å². The van der Waals surface area contributed by atoms with Crippen LogP contribution in [0.4, 0.5) is 5.00 Å². The Kier molecular flexibility index (Phi) is 5.24. The number of nitrogens with two attached hydrogens (primary N) is 1. The van der Waals surface area contributed by atoms with Crippen LogP contribution >= 0.6 is 11.3 Å². The molecule has 2 amide bonds. The summed E-state index contributed by atoms with van der Waals surface area (Å²) in [4.78, 5) is 24.8. The Bertz CT molecular complexity index is 848. The van der Waals surface area contributed by atoms with Gasteiger partial charge in [0, 0.05) is 11.0 Å². The third-order valence-electron chi connectivity index (χ3n) is 4.17. The predicted octanol–water partition coefficient (Wildman–Crippen LogP) is 4.04. The fraction of sp³-hybridized carbons (Fsp3) is 0.263. The van der Waals surface area contributed by atoms with E-state index in [4.69, 9.17) is 5.73 Å². The Morgan fingerprint density at radius 3 is 2.29 bits per heavy atom. The highest BCUT2D eigenvalue weighted by Gasteiger charge is 2.18. The lowest BCUT2D eigenvalue weighted by Crippen LogP contribution is -2.16. The molecular weight excluding hydrogens is 320 g/mol. The van der Waals surface area contributed by atoms with Gasteiger partial charge in [-0.1, -0.05) is 12.1 Å². The maximum Gasteiger partial charge on any atom is 0.251 e. The Morgan fingerprint density at radius 1 is 1.04 bits per heavy atom. The zero-order chi connectivity index (χ0) is 18.0. The van der Waals surface area contributed by atoms with E-state index < -0.39 is 5.91 Å². The monoisotopic (exact) mass is 342 g/mol. The zero-order valence-corrected chi connectivity index (χ0v) is 15.4. The summed E-state index contributed by atoms with van der Waals surface area (Å²) in [5.74, 6) is -0.808. The Labute approximate surface area is 146 Å². The van der Waals surface area contributed by atoms with Crippen molar-refractivity contribution in [3.63, 3.8) is 0 Å². The standard InChI is InChI=1S/C19H22N2O2S/c1-10-8-12(3)15(9-11(10)2)6-7-16(22)21-19-17(18(20)23)13(4)14(5)24-19/h6-9H,1-5H3,(H2,20,23)(H,21,22)/b7-6+. The summed E-state index contributed by atoms with van der Waals surface area (Å²) in [6.07, 6.45) is 3.26. The van der Waals surface area contributed by atoms with Gasteiger partial charge in [-0.3, -0.25) is 9.59 Å². The molecule has 4 nitrogen and oxygen atoms in total. The van der Waals surface area contributed by atoms with Gasteiger partial charge in [0.1, 0.15) is 5.00 Å². The van der Waals surface area contributed by atoms with Crippen molar-refractivity contribution in [3.05, 3.63) is 56.5 Å². The van der Waals surface area contributed by atoms with Gasteiger partial charge in [-0.2, -0.15) is 0 Å². The molecule has 0 aliphatic carbocycles. The number of amides is 2. The molecule has 5 heteroatoms. The van der Waals surface area contributed by atoms with E-state index in [1.807, 2.05) is 27.7 Å². The van der Waals surface area contributed by atoms with E-state index in [2.05, 4.69) is 24.4 Å². The maximum atomic E-state index is 12.2. The van der Waals surface area contributed by atoms with Crippen LogP contribution in [-0.4, -0.2) is 11.8 Å². The first-order chi connectivity index (χ1) is 11.2. The molecule has 1 heterocycles. The van der Waals surface area contributed by atoms with Crippen LogP contribution < -0.4 is 11.1 Å². The highest BCUT2D eigenvalue weighted by Crippen LogP contribution is 2.32. The number of hydrogen-bond donors (Lipinski definition) is 2. The van der Waals surface area contributed by atoms with Gasteiger partial charge in [-0.25, -0.2) is 0 Å². The number of primary amides is 1. The highest BCUT2D eigenvalue weighted by molar-refractivity contribution is 7.16. The van der Waals surface area contributed by atoms with Crippen LogP contribution in [0, 0.1) is 34.6 Å². The van der Waals surface area contributed by atoms with Gasteiger partial charge in [0.05, 0.1) is 5.56 Å². The number of anilines is 1. The molecule has 0 bridgehead atoms. The highest BCUT2D eigenvalue weighted by atomic mass is 32.1. The lowest BCUT2D eigenvalue weighted by molar-refractivity contribution is -0.111. The van der Waals surface area contributed by atoms with Crippen molar-refractivity contribution in [1.82, 2.24) is 0 Å². The second-order valence-electron chi connectivity index (χ2n) is 5.97. The molecule has 24 heavy (non-hydrogen) atoms. The number of rotatable bonds is 4. The van der Waals surface area contributed by atoms with Gasteiger partial charge in [0.2, 0.25) is 5.91 Å². The third kappa shape index (κ3) is 3.74. The second kappa shape index (κ2) is 7.01. The molecule has 0 fully saturated rings. The van der Waals surface area contributed by atoms with Crippen LogP contribution in [0.3, 0.4) is 0 Å². The normalized spacial score (nSPS) is 11.0. The molecule has 0 radical (unpaired) electrons. The minimum absolute atomic E-state index is 0.281. The van der Waals surface area contributed by atoms with Gasteiger partial charge < -0.3 is 11.1 Å². The van der Waals surface area contributed by atoms with Crippen molar-refractivity contribution < 1.29 is 9.59 Å². The molecule has 2 rings (SSSR count). The van der Waals surface area contributed by atoms with E-state index in [1.54, 1.807) is 6.08 Å². The van der Waals surface area contributed by atoms with Crippen molar-refractivity contribution >= 4 is 34.2 Å². The lowest BCUT2D eigenvalue weighted by atomic mass is 10.0. The number of aryl methyl sites for hydroxylation is 4. The van der Waals surface area contributed by atoms with Gasteiger partial charge in [-0.05, 0) is 68.5 Å². The van der Waals surface area contributed by atoms with Gasteiger partial charge >= 0.3 is 0 Å². The number of nitrogens with one attached hydrogen (secondary N) is 1. The lowest BCUT2D eigenvalue weighted by Gasteiger charge is -2.06. The molecule has 0 aliphatic heterocycles. The third-order valence-corrected chi connectivity index (χ3v) is 5.29. The zero-order valence-electron chi connectivity index (χ0n) is 14.6. The quantitative estimate of drug-likeness (QED) is 0.823. The molecule has 126 valence electrons. The number of benzene rings is 1.